The third-order valence-corrected chi connectivity index (χ3v) is 5.80. The molecule has 0 amide bonds. The third-order valence-electron chi connectivity index (χ3n) is 3.22. The molecule has 2 rings (SSSR count). The molecule has 0 saturated carbocycles. The lowest BCUT2D eigenvalue weighted by molar-refractivity contribution is 0.453. The lowest BCUT2D eigenvalue weighted by atomic mass is 10.1. The van der Waals surface area contributed by atoms with Crippen molar-refractivity contribution >= 4 is 33.2 Å². The molecule has 3 nitrogen and oxygen atoms in total. The lowest BCUT2D eigenvalue weighted by Crippen LogP contribution is -2.29. The zero-order valence-corrected chi connectivity index (χ0v) is 12.2. The predicted molar refractivity (Wildman–Crippen MR) is 73.7 cm³/mol. The molecule has 100 valence electrons. The molecule has 0 radical (unpaired) electrons. The lowest BCUT2D eigenvalue weighted by Gasteiger charge is -2.17. The number of hydrogen-bond acceptors (Lipinski definition) is 2. The van der Waals surface area contributed by atoms with Crippen LogP contribution >= 0.6 is 23.2 Å². The molecule has 1 fully saturated rings. The molecule has 0 aliphatic carbocycles. The van der Waals surface area contributed by atoms with Crippen LogP contribution in [0.2, 0.25) is 5.02 Å². The highest BCUT2D eigenvalue weighted by molar-refractivity contribution is 7.89. The first kappa shape index (κ1) is 14.1. The summed E-state index contributed by atoms with van der Waals surface area (Å²) in [5, 5.41) is 0.276. The standard InChI is InChI=1S/C12H15Cl2NO2S/c13-7-5-10-6-8-15(9-10)18(16,17)12-4-2-1-3-11(12)14/h1-4,10H,5-9H2. The summed E-state index contributed by atoms with van der Waals surface area (Å²) in [6, 6.07) is 6.56. The zero-order chi connectivity index (χ0) is 13.2. The minimum absolute atomic E-state index is 0.193. The van der Waals surface area contributed by atoms with E-state index in [4.69, 9.17) is 23.2 Å². The Morgan fingerprint density at radius 3 is 2.72 bits per heavy atom. The molecule has 6 heteroatoms. The predicted octanol–water partition coefficient (Wildman–Crippen LogP) is 2.98. The highest BCUT2D eigenvalue weighted by Gasteiger charge is 2.33. The van der Waals surface area contributed by atoms with E-state index < -0.39 is 10.0 Å². The largest absolute Gasteiger partial charge is 0.244 e. The Morgan fingerprint density at radius 2 is 2.06 bits per heavy atom. The van der Waals surface area contributed by atoms with E-state index in [1.807, 2.05) is 0 Å². The Bertz CT molecular complexity index is 519. The van der Waals surface area contributed by atoms with Crippen molar-refractivity contribution < 1.29 is 8.42 Å². The van der Waals surface area contributed by atoms with Gasteiger partial charge >= 0.3 is 0 Å². The molecular formula is C12H15Cl2NO2S. The monoisotopic (exact) mass is 307 g/mol. The zero-order valence-electron chi connectivity index (χ0n) is 9.85. The average Bonchev–Trinajstić information content (AvgIpc) is 2.79. The van der Waals surface area contributed by atoms with Gasteiger partial charge in [-0.15, -0.1) is 11.6 Å². The van der Waals surface area contributed by atoms with Crippen LogP contribution in [0.5, 0.6) is 0 Å². The van der Waals surface area contributed by atoms with Crippen molar-refractivity contribution in [1.82, 2.24) is 4.31 Å². The Hall–Kier alpha value is -0.290. The van der Waals surface area contributed by atoms with Crippen LogP contribution in [0.4, 0.5) is 0 Å². The summed E-state index contributed by atoms with van der Waals surface area (Å²) in [6.07, 6.45) is 1.73. The summed E-state index contributed by atoms with van der Waals surface area (Å²) in [7, 11) is -3.46. The summed E-state index contributed by atoms with van der Waals surface area (Å²) < 4.78 is 26.3. The highest BCUT2D eigenvalue weighted by Crippen LogP contribution is 2.29. The molecule has 1 aromatic carbocycles. The van der Waals surface area contributed by atoms with E-state index in [2.05, 4.69) is 0 Å². The van der Waals surface area contributed by atoms with Crippen LogP contribution in [0.3, 0.4) is 0 Å². The van der Waals surface area contributed by atoms with E-state index in [0.29, 0.717) is 24.9 Å². The molecule has 1 saturated heterocycles. The van der Waals surface area contributed by atoms with Gasteiger partial charge in [0.05, 0.1) is 5.02 Å². The van der Waals surface area contributed by atoms with Crippen molar-refractivity contribution in [2.75, 3.05) is 19.0 Å². The fourth-order valence-corrected chi connectivity index (χ4v) is 4.53. The second-order valence-corrected chi connectivity index (χ2v) is 7.12. The number of hydrogen-bond donors (Lipinski definition) is 0. The molecule has 1 aromatic rings. The van der Waals surface area contributed by atoms with Gasteiger partial charge in [-0.3, -0.25) is 0 Å². The van der Waals surface area contributed by atoms with Crippen LogP contribution in [0.1, 0.15) is 12.8 Å². The maximum Gasteiger partial charge on any atom is 0.244 e. The summed E-state index contributed by atoms with van der Waals surface area (Å²) in [5.41, 5.74) is 0. The molecule has 1 heterocycles. The Morgan fingerprint density at radius 1 is 1.33 bits per heavy atom. The maximum absolute atomic E-state index is 12.4. The van der Waals surface area contributed by atoms with Crippen LogP contribution in [-0.4, -0.2) is 31.7 Å². The second-order valence-electron chi connectivity index (χ2n) is 4.43. The summed E-state index contributed by atoms with van der Waals surface area (Å²) in [4.78, 5) is 0.193. The van der Waals surface area contributed by atoms with Crippen LogP contribution in [-0.2, 0) is 10.0 Å². The maximum atomic E-state index is 12.4. The van der Waals surface area contributed by atoms with Gasteiger partial charge < -0.3 is 0 Å². The van der Waals surface area contributed by atoms with Gasteiger partial charge in [0.15, 0.2) is 0 Å². The number of alkyl halides is 1. The van der Waals surface area contributed by atoms with Crippen LogP contribution in [0.25, 0.3) is 0 Å². The van der Waals surface area contributed by atoms with E-state index in [1.165, 1.54) is 4.31 Å². The minimum atomic E-state index is -3.46. The number of rotatable bonds is 4. The fourth-order valence-electron chi connectivity index (χ4n) is 2.20. The van der Waals surface area contributed by atoms with Gasteiger partial charge in [-0.1, -0.05) is 23.7 Å². The summed E-state index contributed by atoms with van der Waals surface area (Å²) >= 11 is 11.7. The van der Waals surface area contributed by atoms with E-state index in [-0.39, 0.29) is 9.92 Å². The molecule has 0 aromatic heterocycles. The third kappa shape index (κ3) is 2.82. The molecule has 0 bridgehead atoms. The average molecular weight is 308 g/mol. The topological polar surface area (TPSA) is 37.4 Å². The molecule has 1 aliphatic rings. The van der Waals surface area contributed by atoms with Crippen LogP contribution in [0.15, 0.2) is 29.2 Å². The Labute approximate surface area is 118 Å². The first-order chi connectivity index (χ1) is 8.55. The number of benzene rings is 1. The Kier molecular flexibility index (Phi) is 4.54. The first-order valence-electron chi connectivity index (χ1n) is 5.86. The molecule has 0 spiro atoms. The van der Waals surface area contributed by atoms with E-state index in [1.54, 1.807) is 24.3 Å². The summed E-state index contributed by atoms with van der Waals surface area (Å²) in [6.45, 7) is 1.09. The van der Waals surface area contributed by atoms with Crippen molar-refractivity contribution in [2.45, 2.75) is 17.7 Å². The quantitative estimate of drug-likeness (QED) is 0.802. The molecule has 0 N–H and O–H groups in total. The van der Waals surface area contributed by atoms with Crippen LogP contribution in [0, 0.1) is 5.92 Å². The van der Waals surface area contributed by atoms with Gasteiger partial charge in [0.25, 0.3) is 0 Å². The number of halogens is 2. The first-order valence-corrected chi connectivity index (χ1v) is 8.21. The van der Waals surface area contributed by atoms with Gasteiger partial charge in [0.2, 0.25) is 10.0 Å². The second kappa shape index (κ2) is 5.78. The van der Waals surface area contributed by atoms with Gasteiger partial charge in [-0.25, -0.2) is 8.42 Å². The molecule has 1 unspecified atom stereocenters. The Balaban J connectivity index is 2.21. The number of nitrogens with zero attached hydrogens (tertiary/aromatic N) is 1. The van der Waals surface area contributed by atoms with Crippen molar-refractivity contribution in [1.29, 1.82) is 0 Å². The van der Waals surface area contributed by atoms with Crippen molar-refractivity contribution in [3.05, 3.63) is 29.3 Å². The highest BCUT2D eigenvalue weighted by atomic mass is 35.5. The molecule has 1 atom stereocenters. The molecule has 18 heavy (non-hydrogen) atoms. The van der Waals surface area contributed by atoms with Crippen molar-refractivity contribution in [2.24, 2.45) is 5.92 Å². The van der Waals surface area contributed by atoms with Gasteiger partial charge in [0.1, 0.15) is 4.90 Å². The number of sulfonamides is 1. The van der Waals surface area contributed by atoms with Gasteiger partial charge in [-0.2, -0.15) is 4.31 Å². The van der Waals surface area contributed by atoms with E-state index in [9.17, 15) is 8.42 Å². The van der Waals surface area contributed by atoms with E-state index >= 15 is 0 Å². The molecule has 1 aliphatic heterocycles. The van der Waals surface area contributed by atoms with E-state index in [0.717, 1.165) is 12.8 Å². The fraction of sp³-hybridized carbons (Fsp3) is 0.500. The molecular weight excluding hydrogens is 293 g/mol. The van der Waals surface area contributed by atoms with Crippen molar-refractivity contribution in [3.63, 3.8) is 0 Å². The van der Waals surface area contributed by atoms with Gasteiger partial charge in [-0.05, 0) is 30.9 Å². The SMILES string of the molecule is O=S(=O)(c1ccccc1Cl)N1CCC(CCCl)C1. The smallest absolute Gasteiger partial charge is 0.207 e. The normalized spacial score (nSPS) is 21.3. The van der Waals surface area contributed by atoms with Crippen LogP contribution < -0.4 is 0 Å². The summed E-state index contributed by atoms with van der Waals surface area (Å²) in [5.74, 6) is 0.935. The van der Waals surface area contributed by atoms with Crippen molar-refractivity contribution in [3.8, 4) is 0 Å². The van der Waals surface area contributed by atoms with Gasteiger partial charge in [0, 0.05) is 19.0 Å². The minimum Gasteiger partial charge on any atom is -0.207 e.